The minimum Gasteiger partial charge on any atom is -0.322 e. The number of amides is 1. The van der Waals surface area contributed by atoms with E-state index in [1.54, 1.807) is 30.3 Å². The zero-order valence-electron chi connectivity index (χ0n) is 14.4. The van der Waals surface area contributed by atoms with Crippen molar-refractivity contribution in [2.75, 3.05) is 5.32 Å². The summed E-state index contributed by atoms with van der Waals surface area (Å²) in [5, 5.41) is 4.50. The Kier molecular flexibility index (Phi) is 5.69. The Morgan fingerprint density at radius 1 is 1.11 bits per heavy atom. The standard InChI is InChI=1S/C19H17FN2O3S2/c1-13-4-2-5-15(10-13)22-19(23)14-7-8-17(20)18(11-14)27(24,25)21-12-16-6-3-9-26-16/h2-11,21H,12H2,1H3,(H,22,23). The predicted molar refractivity (Wildman–Crippen MR) is 104 cm³/mol. The van der Waals surface area contributed by atoms with Crippen LogP contribution in [0.3, 0.4) is 0 Å². The van der Waals surface area contributed by atoms with E-state index in [0.29, 0.717) is 5.69 Å². The molecule has 140 valence electrons. The highest BCUT2D eigenvalue weighted by Gasteiger charge is 2.21. The minimum absolute atomic E-state index is 0.0504. The summed E-state index contributed by atoms with van der Waals surface area (Å²) in [6, 6.07) is 14.0. The first kappa shape index (κ1) is 19.2. The molecule has 0 aliphatic heterocycles. The molecule has 3 aromatic rings. The summed E-state index contributed by atoms with van der Waals surface area (Å²) in [5.74, 6) is -1.43. The van der Waals surface area contributed by atoms with Crippen molar-refractivity contribution in [1.29, 1.82) is 0 Å². The quantitative estimate of drug-likeness (QED) is 0.654. The Morgan fingerprint density at radius 3 is 2.63 bits per heavy atom. The van der Waals surface area contributed by atoms with E-state index < -0.39 is 26.6 Å². The number of carbonyl (C=O) groups is 1. The second kappa shape index (κ2) is 7.99. The molecule has 0 aliphatic carbocycles. The van der Waals surface area contributed by atoms with E-state index in [9.17, 15) is 17.6 Å². The number of hydrogen-bond acceptors (Lipinski definition) is 4. The molecular formula is C19H17FN2O3S2. The summed E-state index contributed by atoms with van der Waals surface area (Å²) in [6.07, 6.45) is 0. The van der Waals surface area contributed by atoms with E-state index >= 15 is 0 Å². The average molecular weight is 404 g/mol. The third-order valence-corrected chi connectivity index (χ3v) is 6.07. The number of sulfonamides is 1. The average Bonchev–Trinajstić information content (AvgIpc) is 3.14. The molecule has 2 aromatic carbocycles. The van der Waals surface area contributed by atoms with Crippen LogP contribution >= 0.6 is 11.3 Å². The first-order chi connectivity index (χ1) is 12.8. The molecule has 27 heavy (non-hydrogen) atoms. The molecule has 0 spiro atoms. The Balaban J connectivity index is 1.81. The number of anilines is 1. The fraction of sp³-hybridized carbons (Fsp3) is 0.105. The van der Waals surface area contributed by atoms with Gasteiger partial charge in [-0.05, 0) is 54.3 Å². The lowest BCUT2D eigenvalue weighted by Crippen LogP contribution is -2.24. The normalized spacial score (nSPS) is 11.3. The third-order valence-electron chi connectivity index (χ3n) is 3.78. The van der Waals surface area contributed by atoms with Gasteiger partial charge in [-0.2, -0.15) is 0 Å². The van der Waals surface area contributed by atoms with E-state index in [0.717, 1.165) is 22.6 Å². The highest BCUT2D eigenvalue weighted by molar-refractivity contribution is 7.89. The Hall–Kier alpha value is -2.55. The van der Waals surface area contributed by atoms with Gasteiger partial charge in [0.2, 0.25) is 10.0 Å². The van der Waals surface area contributed by atoms with E-state index in [-0.39, 0.29) is 12.1 Å². The summed E-state index contributed by atoms with van der Waals surface area (Å²) in [6.45, 7) is 1.94. The van der Waals surface area contributed by atoms with Crippen LogP contribution in [0.4, 0.5) is 10.1 Å². The van der Waals surface area contributed by atoms with Gasteiger partial charge in [-0.1, -0.05) is 18.2 Å². The van der Waals surface area contributed by atoms with Crippen LogP contribution in [0, 0.1) is 12.7 Å². The van der Waals surface area contributed by atoms with Crippen LogP contribution in [-0.2, 0) is 16.6 Å². The first-order valence-corrected chi connectivity index (χ1v) is 10.4. The van der Waals surface area contributed by atoms with Crippen molar-refractivity contribution >= 4 is 33.0 Å². The molecule has 1 amide bonds. The van der Waals surface area contributed by atoms with Crippen molar-refractivity contribution < 1.29 is 17.6 Å². The maximum Gasteiger partial charge on any atom is 0.255 e. The van der Waals surface area contributed by atoms with Gasteiger partial charge in [0.15, 0.2) is 0 Å². The third kappa shape index (κ3) is 4.79. The molecule has 0 saturated heterocycles. The summed E-state index contributed by atoms with van der Waals surface area (Å²) < 4.78 is 41.4. The summed E-state index contributed by atoms with van der Waals surface area (Å²) in [4.78, 5) is 12.7. The topological polar surface area (TPSA) is 75.3 Å². The van der Waals surface area contributed by atoms with Crippen LogP contribution in [0.15, 0.2) is 64.9 Å². The molecule has 0 bridgehead atoms. The van der Waals surface area contributed by atoms with E-state index in [1.807, 2.05) is 18.4 Å². The fourth-order valence-electron chi connectivity index (χ4n) is 2.43. The SMILES string of the molecule is Cc1cccc(NC(=O)c2ccc(F)c(S(=O)(=O)NCc3cccs3)c2)c1. The van der Waals surface area contributed by atoms with Crippen LogP contribution in [-0.4, -0.2) is 14.3 Å². The largest absolute Gasteiger partial charge is 0.322 e. The zero-order valence-corrected chi connectivity index (χ0v) is 16.0. The first-order valence-electron chi connectivity index (χ1n) is 8.05. The molecule has 2 N–H and O–H groups in total. The Labute approximate surface area is 160 Å². The molecule has 0 aliphatic rings. The highest BCUT2D eigenvalue weighted by atomic mass is 32.2. The fourth-order valence-corrected chi connectivity index (χ4v) is 4.28. The van der Waals surface area contributed by atoms with Gasteiger partial charge in [0.25, 0.3) is 5.91 Å². The lowest BCUT2D eigenvalue weighted by molar-refractivity contribution is 0.102. The predicted octanol–water partition coefficient (Wildman–Crippen LogP) is 3.93. The molecule has 0 atom stereocenters. The van der Waals surface area contributed by atoms with Gasteiger partial charge < -0.3 is 5.32 Å². The molecule has 0 radical (unpaired) electrons. The van der Waals surface area contributed by atoms with Crippen molar-refractivity contribution in [2.24, 2.45) is 0 Å². The molecule has 8 heteroatoms. The molecular weight excluding hydrogens is 387 g/mol. The molecule has 3 rings (SSSR count). The van der Waals surface area contributed by atoms with Gasteiger partial charge in [0.05, 0.1) is 0 Å². The molecule has 1 aromatic heterocycles. The summed E-state index contributed by atoms with van der Waals surface area (Å²) in [7, 11) is -4.10. The Bertz CT molecular complexity index is 1060. The number of benzene rings is 2. The van der Waals surface area contributed by atoms with Gasteiger partial charge in [-0.15, -0.1) is 11.3 Å². The van der Waals surface area contributed by atoms with Crippen LogP contribution in [0.25, 0.3) is 0 Å². The molecule has 0 unspecified atom stereocenters. The molecule has 0 fully saturated rings. The van der Waals surface area contributed by atoms with Crippen molar-refractivity contribution in [3.8, 4) is 0 Å². The van der Waals surface area contributed by atoms with Crippen molar-refractivity contribution in [2.45, 2.75) is 18.4 Å². The number of rotatable bonds is 6. The van der Waals surface area contributed by atoms with Gasteiger partial charge in [-0.25, -0.2) is 17.5 Å². The van der Waals surface area contributed by atoms with E-state index in [1.165, 1.54) is 17.4 Å². The maximum atomic E-state index is 14.1. The number of hydrogen-bond donors (Lipinski definition) is 2. The Morgan fingerprint density at radius 2 is 1.93 bits per heavy atom. The zero-order chi connectivity index (χ0) is 19.4. The van der Waals surface area contributed by atoms with Gasteiger partial charge in [-0.3, -0.25) is 4.79 Å². The molecule has 5 nitrogen and oxygen atoms in total. The molecule has 1 heterocycles. The van der Waals surface area contributed by atoms with Crippen LogP contribution in [0.5, 0.6) is 0 Å². The van der Waals surface area contributed by atoms with Crippen LogP contribution in [0.1, 0.15) is 20.8 Å². The van der Waals surface area contributed by atoms with Crippen LogP contribution < -0.4 is 10.0 Å². The lowest BCUT2D eigenvalue weighted by atomic mass is 10.2. The second-order valence-electron chi connectivity index (χ2n) is 5.87. The monoisotopic (exact) mass is 404 g/mol. The van der Waals surface area contributed by atoms with Gasteiger partial charge in [0, 0.05) is 22.7 Å². The van der Waals surface area contributed by atoms with Gasteiger partial charge >= 0.3 is 0 Å². The number of carbonyl (C=O) groups excluding carboxylic acids is 1. The number of halogens is 1. The van der Waals surface area contributed by atoms with E-state index in [2.05, 4.69) is 10.0 Å². The van der Waals surface area contributed by atoms with Crippen molar-refractivity contribution in [1.82, 2.24) is 4.72 Å². The van der Waals surface area contributed by atoms with E-state index in [4.69, 9.17) is 0 Å². The minimum atomic E-state index is -4.10. The second-order valence-corrected chi connectivity index (χ2v) is 8.64. The summed E-state index contributed by atoms with van der Waals surface area (Å²) >= 11 is 1.39. The lowest BCUT2D eigenvalue weighted by Gasteiger charge is -2.10. The number of nitrogens with one attached hydrogen (secondary N) is 2. The summed E-state index contributed by atoms with van der Waals surface area (Å²) in [5.41, 5.74) is 1.59. The van der Waals surface area contributed by atoms with Crippen molar-refractivity contribution in [3.63, 3.8) is 0 Å². The highest BCUT2D eigenvalue weighted by Crippen LogP contribution is 2.19. The van der Waals surface area contributed by atoms with Crippen LogP contribution in [0.2, 0.25) is 0 Å². The number of thiophene rings is 1. The number of aryl methyl sites for hydroxylation is 1. The van der Waals surface area contributed by atoms with Crippen molar-refractivity contribution in [3.05, 3.63) is 81.8 Å². The smallest absolute Gasteiger partial charge is 0.255 e. The molecule has 0 saturated carbocycles. The maximum absolute atomic E-state index is 14.1. The van der Waals surface area contributed by atoms with Gasteiger partial charge in [0.1, 0.15) is 10.7 Å².